The summed E-state index contributed by atoms with van der Waals surface area (Å²) in [5.41, 5.74) is -2.10. The van der Waals surface area contributed by atoms with E-state index >= 15 is 0 Å². The first-order valence-corrected chi connectivity index (χ1v) is 3.84. The van der Waals surface area contributed by atoms with Crippen LogP contribution in [0.3, 0.4) is 0 Å². The van der Waals surface area contributed by atoms with Crippen LogP contribution in [-0.4, -0.2) is 35.9 Å². The Balaban J connectivity index is 2.86. The van der Waals surface area contributed by atoms with Gasteiger partial charge in [0.05, 0.1) is 7.11 Å². The summed E-state index contributed by atoms with van der Waals surface area (Å²) in [4.78, 5) is 32.5. The van der Waals surface area contributed by atoms with Crippen molar-refractivity contribution in [3.63, 3.8) is 0 Å². The molecule has 1 aliphatic carbocycles. The van der Waals surface area contributed by atoms with Gasteiger partial charge in [0.2, 0.25) is 5.60 Å². The van der Waals surface area contributed by atoms with Gasteiger partial charge in [-0.2, -0.15) is 0 Å². The molecule has 0 aromatic carbocycles. The Kier molecular flexibility index (Phi) is 2.47. The Morgan fingerprint density at radius 1 is 1.77 bits per heavy atom. The number of methoxy groups -OCH3 is 1. The van der Waals surface area contributed by atoms with E-state index in [0.717, 1.165) is 7.11 Å². The highest BCUT2D eigenvalue weighted by Gasteiger charge is 2.52. The van der Waals surface area contributed by atoms with Crippen LogP contribution in [0.15, 0.2) is 0 Å². The van der Waals surface area contributed by atoms with Crippen molar-refractivity contribution < 1.29 is 24.2 Å². The minimum Gasteiger partial charge on any atom is -0.467 e. The number of carbonyl (C=O) groups is 3. The molecule has 72 valence electrons. The average Bonchev–Trinajstić information content (AvgIpc) is 2.42. The molecule has 0 radical (unpaired) electrons. The normalized spacial score (nSPS) is 33.1. The van der Waals surface area contributed by atoms with Gasteiger partial charge >= 0.3 is 5.97 Å². The lowest BCUT2D eigenvalue weighted by Gasteiger charge is -2.16. The van der Waals surface area contributed by atoms with Crippen molar-refractivity contribution >= 4 is 18.0 Å². The summed E-state index contributed by atoms with van der Waals surface area (Å²) in [7, 11) is 1.09. The summed E-state index contributed by atoms with van der Waals surface area (Å²) in [6.45, 7) is 0. The number of carbonyl (C=O) groups excluding carboxylic acids is 3. The first kappa shape index (κ1) is 9.85. The van der Waals surface area contributed by atoms with E-state index in [-0.39, 0.29) is 12.8 Å². The van der Waals surface area contributed by atoms with Crippen molar-refractivity contribution in [3.05, 3.63) is 0 Å². The van der Waals surface area contributed by atoms with Gasteiger partial charge in [-0.05, 0) is 0 Å². The molecule has 0 aromatic rings. The molecule has 0 heterocycles. The Morgan fingerprint density at radius 3 is 2.77 bits per heavy atom. The molecule has 5 nitrogen and oxygen atoms in total. The second-order valence-corrected chi connectivity index (χ2v) is 3.08. The van der Waals surface area contributed by atoms with E-state index in [1.807, 2.05) is 0 Å². The van der Waals surface area contributed by atoms with Gasteiger partial charge in [-0.3, -0.25) is 4.79 Å². The standard InChI is InChI=1S/C8H10O5/c1-13-7(11)8(12)3-5(4-9)2-6(8)10/h4-5,12H,2-3H2,1H3. The Hall–Kier alpha value is -1.23. The van der Waals surface area contributed by atoms with E-state index in [9.17, 15) is 19.5 Å². The summed E-state index contributed by atoms with van der Waals surface area (Å²) < 4.78 is 4.27. The lowest BCUT2D eigenvalue weighted by molar-refractivity contribution is -0.166. The zero-order valence-corrected chi connectivity index (χ0v) is 7.15. The van der Waals surface area contributed by atoms with Gasteiger partial charge in [0, 0.05) is 18.8 Å². The van der Waals surface area contributed by atoms with Gasteiger partial charge < -0.3 is 14.6 Å². The fraction of sp³-hybridized carbons (Fsp3) is 0.625. The molecule has 0 amide bonds. The molecule has 1 saturated carbocycles. The van der Waals surface area contributed by atoms with Gasteiger partial charge in [0.25, 0.3) is 0 Å². The van der Waals surface area contributed by atoms with Crippen LogP contribution in [0.4, 0.5) is 0 Å². The van der Waals surface area contributed by atoms with Crippen LogP contribution in [0.25, 0.3) is 0 Å². The van der Waals surface area contributed by atoms with E-state index in [2.05, 4.69) is 4.74 Å². The number of aliphatic hydroxyl groups is 1. The number of hydrogen-bond donors (Lipinski definition) is 1. The molecular formula is C8H10O5. The van der Waals surface area contributed by atoms with Gasteiger partial charge in [-0.1, -0.05) is 0 Å². The predicted molar refractivity (Wildman–Crippen MR) is 40.8 cm³/mol. The number of ether oxygens (including phenoxy) is 1. The summed E-state index contributed by atoms with van der Waals surface area (Å²) >= 11 is 0. The smallest absolute Gasteiger partial charge is 0.345 e. The van der Waals surface area contributed by atoms with E-state index in [4.69, 9.17) is 0 Å². The quantitative estimate of drug-likeness (QED) is 0.342. The first-order chi connectivity index (χ1) is 6.04. The monoisotopic (exact) mass is 186 g/mol. The van der Waals surface area contributed by atoms with Crippen LogP contribution in [0.1, 0.15) is 12.8 Å². The van der Waals surface area contributed by atoms with Gasteiger partial charge in [-0.25, -0.2) is 4.79 Å². The molecule has 0 aromatic heterocycles. The Morgan fingerprint density at radius 2 is 2.38 bits per heavy atom. The summed E-state index contributed by atoms with van der Waals surface area (Å²) in [6, 6.07) is 0. The first-order valence-electron chi connectivity index (χ1n) is 3.84. The zero-order chi connectivity index (χ0) is 10.1. The highest BCUT2D eigenvalue weighted by atomic mass is 16.5. The topological polar surface area (TPSA) is 80.7 Å². The van der Waals surface area contributed by atoms with Crippen LogP contribution >= 0.6 is 0 Å². The van der Waals surface area contributed by atoms with Crippen molar-refractivity contribution in [1.82, 2.24) is 0 Å². The fourth-order valence-corrected chi connectivity index (χ4v) is 1.43. The molecule has 0 bridgehead atoms. The Labute approximate surface area is 74.7 Å². The third-order valence-corrected chi connectivity index (χ3v) is 2.18. The number of ketones is 1. The van der Waals surface area contributed by atoms with Crippen LogP contribution in [-0.2, 0) is 19.1 Å². The van der Waals surface area contributed by atoms with Crippen molar-refractivity contribution in [2.45, 2.75) is 18.4 Å². The van der Waals surface area contributed by atoms with Crippen molar-refractivity contribution in [1.29, 1.82) is 0 Å². The molecule has 5 heteroatoms. The highest BCUT2D eigenvalue weighted by molar-refractivity contribution is 6.09. The molecule has 0 saturated heterocycles. The summed E-state index contributed by atoms with van der Waals surface area (Å²) in [5.74, 6) is -2.20. The van der Waals surface area contributed by atoms with Gasteiger partial charge in [0.15, 0.2) is 5.78 Å². The molecule has 0 spiro atoms. The maximum Gasteiger partial charge on any atom is 0.345 e. The van der Waals surface area contributed by atoms with Crippen LogP contribution in [0.5, 0.6) is 0 Å². The molecule has 1 fully saturated rings. The third-order valence-electron chi connectivity index (χ3n) is 2.18. The predicted octanol–water partition coefficient (Wildman–Crippen LogP) is -0.932. The second-order valence-electron chi connectivity index (χ2n) is 3.08. The third kappa shape index (κ3) is 1.47. The molecule has 1 N–H and O–H groups in total. The molecule has 2 atom stereocenters. The van der Waals surface area contributed by atoms with Gasteiger partial charge in [-0.15, -0.1) is 0 Å². The second kappa shape index (κ2) is 3.26. The molecule has 1 aliphatic rings. The number of Topliss-reactive ketones (excluding diaryl/α,β-unsaturated/α-hetero) is 1. The molecule has 13 heavy (non-hydrogen) atoms. The number of hydrogen-bond acceptors (Lipinski definition) is 5. The van der Waals surface area contributed by atoms with Crippen LogP contribution in [0, 0.1) is 5.92 Å². The van der Waals surface area contributed by atoms with Crippen molar-refractivity contribution in [3.8, 4) is 0 Å². The highest BCUT2D eigenvalue weighted by Crippen LogP contribution is 2.31. The zero-order valence-electron chi connectivity index (χ0n) is 7.15. The van der Waals surface area contributed by atoms with Crippen LogP contribution in [0.2, 0.25) is 0 Å². The van der Waals surface area contributed by atoms with Crippen LogP contribution < -0.4 is 0 Å². The molecule has 2 unspecified atom stereocenters. The van der Waals surface area contributed by atoms with E-state index in [1.54, 1.807) is 0 Å². The van der Waals surface area contributed by atoms with Crippen molar-refractivity contribution in [2.24, 2.45) is 5.92 Å². The lowest BCUT2D eigenvalue weighted by atomic mass is 10.0. The molecular weight excluding hydrogens is 176 g/mol. The maximum absolute atomic E-state index is 11.2. The maximum atomic E-state index is 11.2. The van der Waals surface area contributed by atoms with E-state index in [1.165, 1.54) is 0 Å². The minimum atomic E-state index is -2.10. The minimum absolute atomic E-state index is 0.0882. The fourth-order valence-electron chi connectivity index (χ4n) is 1.43. The summed E-state index contributed by atoms with van der Waals surface area (Å²) in [5, 5.41) is 9.55. The largest absolute Gasteiger partial charge is 0.467 e. The van der Waals surface area contributed by atoms with Crippen molar-refractivity contribution in [2.75, 3.05) is 7.11 Å². The molecule has 0 aliphatic heterocycles. The Bertz CT molecular complexity index is 259. The number of aldehydes is 1. The molecule has 1 rings (SSSR count). The average molecular weight is 186 g/mol. The van der Waals surface area contributed by atoms with E-state index in [0.29, 0.717) is 6.29 Å². The lowest BCUT2D eigenvalue weighted by Crippen LogP contribution is -2.43. The number of rotatable bonds is 2. The van der Waals surface area contributed by atoms with E-state index < -0.39 is 23.3 Å². The van der Waals surface area contributed by atoms with Gasteiger partial charge in [0.1, 0.15) is 6.29 Å². The number of esters is 1. The SMILES string of the molecule is COC(=O)C1(O)CC(C=O)CC1=O. The summed E-state index contributed by atoms with van der Waals surface area (Å²) in [6.07, 6.45) is 0.315.